The van der Waals surface area contributed by atoms with E-state index in [9.17, 15) is 14.4 Å². The molecule has 1 atom stereocenters. The number of rotatable bonds is 6. The van der Waals surface area contributed by atoms with Crippen molar-refractivity contribution in [1.29, 1.82) is 0 Å². The number of amides is 4. The summed E-state index contributed by atoms with van der Waals surface area (Å²) >= 11 is 0. The lowest BCUT2D eigenvalue weighted by atomic mass is 10.1. The molecule has 0 rings (SSSR count). The molecule has 7 nitrogen and oxygen atoms in total. The van der Waals surface area contributed by atoms with Crippen molar-refractivity contribution in [2.45, 2.75) is 19.8 Å². The Kier molecular flexibility index (Phi) is 6.09. The lowest BCUT2D eigenvalue weighted by Crippen LogP contribution is -2.42. The second-order valence-corrected chi connectivity index (χ2v) is 3.45. The van der Waals surface area contributed by atoms with E-state index in [0.717, 1.165) is 4.90 Å². The van der Waals surface area contributed by atoms with E-state index < -0.39 is 23.8 Å². The van der Waals surface area contributed by atoms with Crippen molar-refractivity contribution in [1.82, 2.24) is 4.90 Å². The van der Waals surface area contributed by atoms with Gasteiger partial charge in [-0.3, -0.25) is 14.5 Å². The van der Waals surface area contributed by atoms with Gasteiger partial charge >= 0.3 is 6.03 Å². The molecule has 0 radical (unpaired) electrons. The average molecular weight is 231 g/mol. The van der Waals surface area contributed by atoms with Crippen LogP contribution in [0, 0.1) is 5.92 Å². The van der Waals surface area contributed by atoms with Gasteiger partial charge in [-0.2, -0.15) is 0 Å². The number of carbonyl (C=O) groups excluding carboxylic acids is 3. The Labute approximate surface area is 93.4 Å². The molecular formula is C9H17N3O4. The Bertz CT molecular complexity index is 280. The molecule has 0 aliphatic heterocycles. The number of urea groups is 1. The fraction of sp³-hybridized carbons (Fsp3) is 0.667. The highest BCUT2D eigenvalue weighted by atomic mass is 16.3. The predicted octanol–water partition coefficient (Wildman–Crippen LogP) is -1.21. The third kappa shape index (κ3) is 4.74. The van der Waals surface area contributed by atoms with E-state index in [1.807, 2.05) is 0 Å². The van der Waals surface area contributed by atoms with Gasteiger partial charge in [0.25, 0.3) is 0 Å². The number of hydrogen-bond acceptors (Lipinski definition) is 4. The molecular weight excluding hydrogens is 214 g/mol. The molecule has 0 fully saturated rings. The van der Waals surface area contributed by atoms with Crippen LogP contribution in [0.3, 0.4) is 0 Å². The fourth-order valence-electron chi connectivity index (χ4n) is 1.05. The van der Waals surface area contributed by atoms with Crippen molar-refractivity contribution in [3.8, 4) is 0 Å². The zero-order valence-corrected chi connectivity index (χ0v) is 9.18. The molecule has 0 spiro atoms. The summed E-state index contributed by atoms with van der Waals surface area (Å²) in [5.74, 6) is -1.51. The highest BCUT2D eigenvalue weighted by molar-refractivity contribution is 5.93. The maximum atomic E-state index is 11.3. The lowest BCUT2D eigenvalue weighted by Gasteiger charge is -2.19. The minimum absolute atomic E-state index is 0.0261. The van der Waals surface area contributed by atoms with Crippen molar-refractivity contribution in [3.05, 3.63) is 0 Å². The summed E-state index contributed by atoms with van der Waals surface area (Å²) < 4.78 is 0. The largest absolute Gasteiger partial charge is 0.396 e. The summed E-state index contributed by atoms with van der Waals surface area (Å²) in [7, 11) is 0. The normalized spacial score (nSPS) is 11.9. The van der Waals surface area contributed by atoms with Gasteiger partial charge in [0.2, 0.25) is 11.8 Å². The van der Waals surface area contributed by atoms with Gasteiger partial charge in [-0.15, -0.1) is 0 Å². The summed E-state index contributed by atoms with van der Waals surface area (Å²) in [5, 5.41) is 8.56. The summed E-state index contributed by atoms with van der Waals surface area (Å²) in [6, 6.07) is -0.893. The van der Waals surface area contributed by atoms with Crippen LogP contribution < -0.4 is 11.5 Å². The number of hydrogen-bond donors (Lipinski definition) is 3. The molecule has 0 saturated carbocycles. The van der Waals surface area contributed by atoms with Gasteiger partial charge in [0.15, 0.2) is 0 Å². The van der Waals surface area contributed by atoms with E-state index in [1.54, 1.807) is 6.92 Å². The fourth-order valence-corrected chi connectivity index (χ4v) is 1.05. The van der Waals surface area contributed by atoms with E-state index in [-0.39, 0.29) is 26.0 Å². The Morgan fingerprint density at radius 3 is 2.25 bits per heavy atom. The van der Waals surface area contributed by atoms with Gasteiger partial charge in [-0.25, -0.2) is 4.79 Å². The number of aliphatic hydroxyl groups excluding tert-OH is 1. The molecule has 5 N–H and O–H groups in total. The molecule has 0 aromatic heterocycles. The van der Waals surface area contributed by atoms with Crippen LogP contribution in [0.4, 0.5) is 4.79 Å². The summed E-state index contributed by atoms with van der Waals surface area (Å²) in [5.41, 5.74) is 10.0. The average Bonchev–Trinajstić information content (AvgIpc) is 2.17. The summed E-state index contributed by atoms with van der Waals surface area (Å²) in [4.78, 5) is 33.8. The maximum Gasteiger partial charge on any atom is 0.321 e. The number of aliphatic hydroxyl groups is 1. The van der Waals surface area contributed by atoms with E-state index in [1.165, 1.54) is 0 Å². The van der Waals surface area contributed by atoms with Crippen LogP contribution in [-0.4, -0.2) is 41.0 Å². The van der Waals surface area contributed by atoms with Crippen LogP contribution in [-0.2, 0) is 9.59 Å². The van der Waals surface area contributed by atoms with Gasteiger partial charge in [-0.1, -0.05) is 6.92 Å². The van der Waals surface area contributed by atoms with E-state index >= 15 is 0 Å². The maximum absolute atomic E-state index is 11.3. The van der Waals surface area contributed by atoms with Crippen molar-refractivity contribution in [2.24, 2.45) is 17.4 Å². The quantitative estimate of drug-likeness (QED) is 0.529. The summed E-state index contributed by atoms with van der Waals surface area (Å²) in [6.45, 7) is 1.27. The first-order valence-corrected chi connectivity index (χ1v) is 4.90. The molecule has 4 amide bonds. The minimum atomic E-state index is -0.893. The smallest absolute Gasteiger partial charge is 0.321 e. The molecule has 0 saturated heterocycles. The van der Waals surface area contributed by atoms with Gasteiger partial charge in [0, 0.05) is 12.5 Å². The second kappa shape index (κ2) is 6.78. The van der Waals surface area contributed by atoms with Crippen molar-refractivity contribution >= 4 is 17.8 Å². The monoisotopic (exact) mass is 231 g/mol. The van der Waals surface area contributed by atoms with Crippen LogP contribution in [0.5, 0.6) is 0 Å². The number of carbonyl (C=O) groups is 3. The van der Waals surface area contributed by atoms with Gasteiger partial charge in [0.05, 0.1) is 13.0 Å². The van der Waals surface area contributed by atoms with Gasteiger partial charge in [0.1, 0.15) is 0 Å². The van der Waals surface area contributed by atoms with Gasteiger partial charge < -0.3 is 16.6 Å². The molecule has 92 valence electrons. The molecule has 0 aliphatic carbocycles. The second-order valence-electron chi connectivity index (χ2n) is 3.45. The number of nitrogens with two attached hydrogens (primary N) is 2. The molecule has 16 heavy (non-hydrogen) atoms. The first kappa shape index (κ1) is 14.4. The standard InChI is InChI=1S/C9H17N3O4/c1-6(8(10)15)2-4-12(9(11)16)7(14)3-5-13/h6,13H,2-5H2,1H3,(H2,10,15)(H2,11,16). The molecule has 0 bridgehead atoms. The molecule has 0 heterocycles. The van der Waals surface area contributed by atoms with Gasteiger partial charge in [-0.05, 0) is 6.42 Å². The Hall–Kier alpha value is -1.63. The Morgan fingerprint density at radius 1 is 1.31 bits per heavy atom. The zero-order valence-electron chi connectivity index (χ0n) is 9.18. The van der Waals surface area contributed by atoms with Crippen LogP contribution in [0.25, 0.3) is 0 Å². The highest BCUT2D eigenvalue weighted by Gasteiger charge is 2.20. The van der Waals surface area contributed by atoms with Crippen LogP contribution in [0.1, 0.15) is 19.8 Å². The molecule has 0 aliphatic rings. The first-order chi connectivity index (χ1) is 7.40. The molecule has 7 heteroatoms. The SMILES string of the molecule is CC(CCN(C(N)=O)C(=O)CCO)C(N)=O. The minimum Gasteiger partial charge on any atom is -0.396 e. The molecule has 1 unspecified atom stereocenters. The zero-order chi connectivity index (χ0) is 12.7. The number of nitrogens with zero attached hydrogens (tertiary/aromatic N) is 1. The molecule has 0 aromatic rings. The van der Waals surface area contributed by atoms with Crippen LogP contribution in [0.15, 0.2) is 0 Å². The lowest BCUT2D eigenvalue weighted by molar-refractivity contribution is -0.129. The van der Waals surface area contributed by atoms with Crippen LogP contribution >= 0.6 is 0 Å². The highest BCUT2D eigenvalue weighted by Crippen LogP contribution is 2.04. The van der Waals surface area contributed by atoms with Crippen molar-refractivity contribution in [3.63, 3.8) is 0 Å². The number of imide groups is 1. The van der Waals surface area contributed by atoms with E-state index in [0.29, 0.717) is 0 Å². The first-order valence-electron chi connectivity index (χ1n) is 4.90. The predicted molar refractivity (Wildman–Crippen MR) is 56.0 cm³/mol. The summed E-state index contributed by atoms with van der Waals surface area (Å²) in [6.07, 6.45) is 0.0866. The van der Waals surface area contributed by atoms with Crippen LogP contribution in [0.2, 0.25) is 0 Å². The Morgan fingerprint density at radius 2 is 1.88 bits per heavy atom. The number of primary amides is 2. The third-order valence-corrected chi connectivity index (χ3v) is 2.16. The molecule has 0 aromatic carbocycles. The van der Waals surface area contributed by atoms with Crippen molar-refractivity contribution < 1.29 is 19.5 Å². The van der Waals surface area contributed by atoms with Crippen molar-refractivity contribution in [2.75, 3.05) is 13.2 Å². The topological polar surface area (TPSA) is 127 Å². The van der Waals surface area contributed by atoms with E-state index in [2.05, 4.69) is 0 Å². The Balaban J connectivity index is 4.30. The third-order valence-electron chi connectivity index (χ3n) is 2.16. The van der Waals surface area contributed by atoms with E-state index in [4.69, 9.17) is 16.6 Å².